The van der Waals surface area contributed by atoms with Gasteiger partial charge in [-0.15, -0.1) is 0 Å². The van der Waals surface area contributed by atoms with Crippen molar-refractivity contribution in [1.82, 2.24) is 24.9 Å². The number of nitrogens with one attached hydrogen (secondary N) is 2. The number of aryl methyl sites for hydroxylation is 1. The first-order valence-electron chi connectivity index (χ1n) is 8.13. The first-order chi connectivity index (χ1) is 12.8. The van der Waals surface area contributed by atoms with Crippen molar-refractivity contribution in [3.05, 3.63) is 53.5 Å². The molecule has 0 aromatic carbocycles. The maximum absolute atomic E-state index is 12.8. The number of carbonyl (C=O) groups excluding carboxylic acids is 2. The number of rotatable bonds is 6. The van der Waals surface area contributed by atoms with E-state index < -0.39 is 5.54 Å². The number of furan rings is 1. The van der Waals surface area contributed by atoms with Crippen LogP contribution < -0.4 is 10.6 Å². The normalized spacial score (nSPS) is 11.4. The van der Waals surface area contributed by atoms with Gasteiger partial charge in [-0.25, -0.2) is 0 Å². The van der Waals surface area contributed by atoms with Gasteiger partial charge >= 0.3 is 0 Å². The molecule has 0 fully saturated rings. The molecule has 0 spiro atoms. The van der Waals surface area contributed by atoms with E-state index in [0.717, 1.165) is 0 Å². The van der Waals surface area contributed by atoms with E-state index in [9.17, 15) is 9.59 Å². The van der Waals surface area contributed by atoms with E-state index in [1.807, 2.05) is 0 Å². The van der Waals surface area contributed by atoms with Crippen LogP contribution in [0.25, 0.3) is 0 Å². The monoisotopic (exact) mass is 390 g/mol. The first-order valence-corrected chi connectivity index (χ1v) is 8.51. The zero-order valence-electron chi connectivity index (χ0n) is 15.1. The second-order valence-electron chi connectivity index (χ2n) is 6.41. The van der Waals surface area contributed by atoms with Crippen molar-refractivity contribution in [2.24, 2.45) is 7.05 Å². The van der Waals surface area contributed by atoms with Gasteiger partial charge in [0.1, 0.15) is 17.0 Å². The predicted molar refractivity (Wildman–Crippen MR) is 98.3 cm³/mol. The Labute approximate surface area is 160 Å². The number of hydrogen-bond acceptors (Lipinski definition) is 5. The third-order valence-electron chi connectivity index (χ3n) is 4.08. The molecule has 0 aliphatic rings. The van der Waals surface area contributed by atoms with E-state index in [1.165, 1.54) is 28.0 Å². The highest BCUT2D eigenvalue weighted by Crippen LogP contribution is 2.22. The Morgan fingerprint density at radius 2 is 2.07 bits per heavy atom. The molecular weight excluding hydrogens is 372 g/mol. The highest BCUT2D eigenvalue weighted by molar-refractivity contribution is 6.30. The lowest BCUT2D eigenvalue weighted by Gasteiger charge is -2.24. The largest absolute Gasteiger partial charge is 0.467 e. The fourth-order valence-corrected chi connectivity index (χ4v) is 2.58. The second kappa shape index (κ2) is 7.28. The topological polar surface area (TPSA) is 107 Å². The van der Waals surface area contributed by atoms with Crippen molar-refractivity contribution in [2.45, 2.75) is 25.9 Å². The van der Waals surface area contributed by atoms with Crippen molar-refractivity contribution in [3.8, 4) is 0 Å². The first kappa shape index (κ1) is 18.7. The number of hydrogen-bond donors (Lipinski definition) is 2. The summed E-state index contributed by atoms with van der Waals surface area (Å²) in [4.78, 5) is 25.3. The molecule has 0 aliphatic carbocycles. The van der Waals surface area contributed by atoms with Gasteiger partial charge < -0.3 is 15.1 Å². The maximum atomic E-state index is 12.8. The van der Waals surface area contributed by atoms with Crippen LogP contribution in [0.2, 0.25) is 5.02 Å². The van der Waals surface area contributed by atoms with Gasteiger partial charge in [0.25, 0.3) is 11.8 Å². The highest BCUT2D eigenvalue weighted by Gasteiger charge is 2.32. The van der Waals surface area contributed by atoms with Gasteiger partial charge in [0, 0.05) is 13.2 Å². The van der Waals surface area contributed by atoms with E-state index in [-0.39, 0.29) is 24.1 Å². The Kier molecular flexibility index (Phi) is 5.04. The highest BCUT2D eigenvalue weighted by atomic mass is 35.5. The Balaban J connectivity index is 1.75. The summed E-state index contributed by atoms with van der Waals surface area (Å²) < 4.78 is 8.04. The van der Waals surface area contributed by atoms with Crippen LogP contribution in [0.1, 0.15) is 30.1 Å². The lowest BCUT2D eigenvalue weighted by Crippen LogP contribution is -2.41. The summed E-state index contributed by atoms with van der Waals surface area (Å²) in [7, 11) is 1.62. The number of nitrogens with zero attached hydrogens (tertiary/aromatic N) is 4. The molecule has 3 aromatic rings. The third kappa shape index (κ3) is 3.87. The lowest BCUT2D eigenvalue weighted by molar-refractivity contribution is -0.123. The Bertz CT molecular complexity index is 957. The Morgan fingerprint density at radius 3 is 2.70 bits per heavy atom. The van der Waals surface area contributed by atoms with E-state index >= 15 is 0 Å². The zero-order chi connectivity index (χ0) is 19.6. The molecule has 0 saturated carbocycles. The molecule has 3 aromatic heterocycles. The van der Waals surface area contributed by atoms with Gasteiger partial charge in [-0.3, -0.25) is 19.0 Å². The van der Waals surface area contributed by atoms with Crippen LogP contribution in [0.4, 0.5) is 5.69 Å². The number of carbonyl (C=O) groups is 2. The molecule has 0 aliphatic heterocycles. The van der Waals surface area contributed by atoms with Crippen LogP contribution in [-0.4, -0.2) is 31.4 Å². The van der Waals surface area contributed by atoms with Crippen molar-refractivity contribution in [2.75, 3.05) is 5.32 Å². The van der Waals surface area contributed by atoms with Crippen LogP contribution in [0.5, 0.6) is 0 Å². The summed E-state index contributed by atoms with van der Waals surface area (Å²) in [5.41, 5.74) is -0.500. The van der Waals surface area contributed by atoms with Crippen LogP contribution in [-0.2, 0) is 23.9 Å². The predicted octanol–water partition coefficient (Wildman–Crippen LogP) is 2.17. The van der Waals surface area contributed by atoms with Gasteiger partial charge in [-0.1, -0.05) is 11.6 Å². The van der Waals surface area contributed by atoms with Crippen LogP contribution >= 0.6 is 11.6 Å². The van der Waals surface area contributed by atoms with E-state index in [0.29, 0.717) is 16.5 Å². The molecule has 3 rings (SSSR count). The van der Waals surface area contributed by atoms with Crippen molar-refractivity contribution < 1.29 is 14.0 Å². The SMILES string of the molecule is Cn1ncc(NC(=O)C(C)(C)n2cc(Cl)cn2)c1C(=O)NCc1ccco1. The smallest absolute Gasteiger partial charge is 0.272 e. The zero-order valence-corrected chi connectivity index (χ0v) is 15.8. The average molecular weight is 391 g/mol. The number of anilines is 1. The summed E-state index contributed by atoms with van der Waals surface area (Å²) in [5, 5.41) is 14.1. The quantitative estimate of drug-likeness (QED) is 0.670. The van der Waals surface area contributed by atoms with Crippen LogP contribution in [0, 0.1) is 0 Å². The Morgan fingerprint density at radius 1 is 1.30 bits per heavy atom. The van der Waals surface area contributed by atoms with Crippen LogP contribution in [0.3, 0.4) is 0 Å². The molecule has 0 radical (unpaired) electrons. The summed E-state index contributed by atoms with van der Waals surface area (Å²) in [6, 6.07) is 3.49. The van der Waals surface area contributed by atoms with Gasteiger partial charge in [0.2, 0.25) is 0 Å². The minimum absolute atomic E-state index is 0.224. The fraction of sp³-hybridized carbons (Fsp3) is 0.294. The molecule has 142 valence electrons. The second-order valence-corrected chi connectivity index (χ2v) is 6.85. The van der Waals surface area contributed by atoms with E-state index in [4.69, 9.17) is 16.0 Å². The van der Waals surface area contributed by atoms with Gasteiger partial charge in [0.05, 0.1) is 35.9 Å². The molecule has 9 nitrogen and oxygen atoms in total. The summed E-state index contributed by atoms with van der Waals surface area (Å²) in [6.07, 6.45) is 5.96. The number of aromatic nitrogens is 4. The van der Waals surface area contributed by atoms with Gasteiger partial charge in [0.15, 0.2) is 0 Å². The standard InChI is InChI=1S/C17H19ClN6O3/c1-17(2,24-10-11(18)7-21-24)16(26)22-13-9-20-23(3)14(13)15(25)19-8-12-5-4-6-27-12/h4-7,9-10H,8H2,1-3H3,(H,19,25)(H,22,26). The molecule has 2 amide bonds. The summed E-state index contributed by atoms with van der Waals surface area (Å²) in [6.45, 7) is 3.61. The number of halogens is 1. The van der Waals surface area contributed by atoms with Crippen molar-refractivity contribution >= 4 is 29.1 Å². The molecule has 0 bridgehead atoms. The molecule has 2 N–H and O–H groups in total. The van der Waals surface area contributed by atoms with Gasteiger partial charge in [-0.05, 0) is 26.0 Å². The molecule has 0 saturated heterocycles. The van der Waals surface area contributed by atoms with Crippen LogP contribution in [0.15, 0.2) is 41.4 Å². The molecule has 0 unspecified atom stereocenters. The summed E-state index contributed by atoms with van der Waals surface area (Å²) >= 11 is 5.89. The molecular formula is C17H19ClN6O3. The minimum Gasteiger partial charge on any atom is -0.467 e. The lowest BCUT2D eigenvalue weighted by atomic mass is 10.0. The minimum atomic E-state index is -1.02. The van der Waals surface area contributed by atoms with Gasteiger partial charge in [-0.2, -0.15) is 10.2 Å². The Hall–Kier alpha value is -3.07. The average Bonchev–Trinajstić information content (AvgIpc) is 3.35. The van der Waals surface area contributed by atoms with Crippen molar-refractivity contribution in [1.29, 1.82) is 0 Å². The van der Waals surface area contributed by atoms with E-state index in [1.54, 1.807) is 39.2 Å². The van der Waals surface area contributed by atoms with Crippen molar-refractivity contribution in [3.63, 3.8) is 0 Å². The maximum Gasteiger partial charge on any atom is 0.272 e. The number of amides is 2. The van der Waals surface area contributed by atoms with E-state index in [2.05, 4.69) is 20.8 Å². The molecule has 3 heterocycles. The molecule has 10 heteroatoms. The third-order valence-corrected chi connectivity index (χ3v) is 4.28. The fourth-order valence-electron chi connectivity index (χ4n) is 2.45. The molecule has 27 heavy (non-hydrogen) atoms. The summed E-state index contributed by atoms with van der Waals surface area (Å²) in [5.74, 6) is -0.134. The molecule has 0 atom stereocenters.